The molecule has 0 fully saturated rings. The van der Waals surface area contributed by atoms with Crippen LogP contribution < -0.4 is 0 Å². The average molecular weight is 990 g/mol. The zero-order chi connectivity index (χ0) is 50.9. The lowest BCUT2D eigenvalue weighted by molar-refractivity contribution is -0.167. The van der Waals surface area contributed by atoms with Crippen LogP contribution in [0, 0.1) is 5.92 Å². The number of ether oxygens (including phenoxy) is 3. The van der Waals surface area contributed by atoms with Gasteiger partial charge in [-0.3, -0.25) is 14.4 Å². The maximum Gasteiger partial charge on any atom is 0.306 e. The third-order valence-corrected chi connectivity index (χ3v) is 15.2. The maximum atomic E-state index is 12.9. The van der Waals surface area contributed by atoms with E-state index in [9.17, 15) is 14.4 Å². The van der Waals surface area contributed by atoms with Crippen LogP contribution >= 0.6 is 0 Å². The van der Waals surface area contributed by atoms with E-state index in [-0.39, 0.29) is 31.1 Å². The highest BCUT2D eigenvalue weighted by atomic mass is 16.6. The predicted octanol–water partition coefficient (Wildman–Crippen LogP) is 21.4. The molecule has 2 atom stereocenters. The van der Waals surface area contributed by atoms with E-state index in [0.29, 0.717) is 19.3 Å². The number of unbranched alkanes of at least 4 members (excludes halogenated alkanes) is 45. The van der Waals surface area contributed by atoms with Crippen molar-refractivity contribution < 1.29 is 28.6 Å². The second-order valence-corrected chi connectivity index (χ2v) is 22.3. The standard InChI is InChI=1S/C64H124O6/c1-5-8-10-12-14-16-18-19-20-21-22-26-29-32-36-40-44-48-52-56-63(66)69-59-61(58-68-62(65)55-51-47-43-39-34-17-15-13-11-9-6-2)70-64(67)57-53-49-45-41-37-33-30-27-24-23-25-28-31-35-38-42-46-50-54-60(4)7-3/h60-61H,5-59H2,1-4H3/t60?,61-/m1/s1. The van der Waals surface area contributed by atoms with Gasteiger partial charge in [0.05, 0.1) is 0 Å². The zero-order valence-corrected chi connectivity index (χ0v) is 48.0. The van der Waals surface area contributed by atoms with Crippen LogP contribution in [0.4, 0.5) is 0 Å². The summed E-state index contributed by atoms with van der Waals surface area (Å²) < 4.78 is 16.9. The zero-order valence-electron chi connectivity index (χ0n) is 48.0. The first-order valence-corrected chi connectivity index (χ1v) is 31.9. The molecule has 0 aliphatic heterocycles. The van der Waals surface area contributed by atoms with Gasteiger partial charge < -0.3 is 14.2 Å². The van der Waals surface area contributed by atoms with Crippen molar-refractivity contribution >= 4 is 17.9 Å². The summed E-state index contributed by atoms with van der Waals surface area (Å²) in [5.74, 6) is 0.0793. The van der Waals surface area contributed by atoms with Gasteiger partial charge in [-0.1, -0.05) is 329 Å². The SMILES string of the molecule is CCCCCCCCCCCCCCCCCCCCCC(=O)OC[C@@H](COC(=O)CCCCCCCCCCCCC)OC(=O)CCCCCCCCCCCCCCCCCCCCC(C)CC. The monoisotopic (exact) mass is 989 g/mol. The molecule has 70 heavy (non-hydrogen) atoms. The van der Waals surface area contributed by atoms with E-state index >= 15 is 0 Å². The minimum absolute atomic E-state index is 0.0613. The molecule has 0 heterocycles. The van der Waals surface area contributed by atoms with E-state index < -0.39 is 6.10 Å². The lowest BCUT2D eigenvalue weighted by Crippen LogP contribution is -2.30. The van der Waals surface area contributed by atoms with E-state index in [2.05, 4.69) is 27.7 Å². The Kier molecular flexibility index (Phi) is 57.0. The molecule has 0 spiro atoms. The van der Waals surface area contributed by atoms with Gasteiger partial charge >= 0.3 is 17.9 Å². The first kappa shape index (κ1) is 68.4. The molecule has 0 rings (SSSR count). The van der Waals surface area contributed by atoms with Crippen LogP contribution in [0.3, 0.4) is 0 Å². The van der Waals surface area contributed by atoms with Crippen molar-refractivity contribution in [3.63, 3.8) is 0 Å². The average Bonchev–Trinajstić information content (AvgIpc) is 3.36. The summed E-state index contributed by atoms with van der Waals surface area (Å²) in [6.07, 6.45) is 65.3. The minimum atomic E-state index is -0.762. The maximum absolute atomic E-state index is 12.9. The Morgan fingerprint density at radius 3 is 0.743 bits per heavy atom. The van der Waals surface area contributed by atoms with Crippen LogP contribution in [0.15, 0.2) is 0 Å². The lowest BCUT2D eigenvalue weighted by Gasteiger charge is -2.18. The van der Waals surface area contributed by atoms with E-state index in [1.54, 1.807) is 0 Å². The quantitative estimate of drug-likeness (QED) is 0.0343. The summed E-state index contributed by atoms with van der Waals surface area (Å²) in [5.41, 5.74) is 0. The summed E-state index contributed by atoms with van der Waals surface area (Å²) >= 11 is 0. The Hall–Kier alpha value is -1.59. The molecular formula is C64H124O6. The van der Waals surface area contributed by atoms with Gasteiger partial charge in [0.25, 0.3) is 0 Å². The van der Waals surface area contributed by atoms with Gasteiger partial charge in [0.2, 0.25) is 0 Å². The number of esters is 3. The van der Waals surface area contributed by atoms with Crippen molar-refractivity contribution in [3.8, 4) is 0 Å². The third-order valence-electron chi connectivity index (χ3n) is 15.2. The van der Waals surface area contributed by atoms with E-state index in [1.807, 2.05) is 0 Å². The Labute approximate surface area is 438 Å². The molecule has 0 N–H and O–H groups in total. The molecule has 0 aromatic heterocycles. The normalized spacial score (nSPS) is 12.3. The van der Waals surface area contributed by atoms with Crippen LogP contribution in [-0.2, 0) is 28.6 Å². The summed E-state index contributed by atoms with van der Waals surface area (Å²) in [6.45, 7) is 9.12. The number of hydrogen-bond acceptors (Lipinski definition) is 6. The molecule has 0 aromatic carbocycles. The van der Waals surface area contributed by atoms with Crippen LogP contribution in [0.25, 0.3) is 0 Å². The molecule has 1 unspecified atom stereocenters. The van der Waals surface area contributed by atoms with Crippen molar-refractivity contribution in [2.75, 3.05) is 13.2 Å². The molecule has 0 aromatic rings. The van der Waals surface area contributed by atoms with E-state index in [4.69, 9.17) is 14.2 Å². The molecule has 0 aliphatic rings. The first-order chi connectivity index (χ1) is 34.4. The molecule has 0 bridgehead atoms. The fourth-order valence-corrected chi connectivity index (χ4v) is 9.95. The Bertz CT molecular complexity index is 1060. The minimum Gasteiger partial charge on any atom is -0.462 e. The summed E-state index contributed by atoms with van der Waals surface area (Å²) in [4.78, 5) is 38.2. The smallest absolute Gasteiger partial charge is 0.306 e. The molecule has 6 nitrogen and oxygen atoms in total. The molecule has 0 radical (unpaired) electrons. The molecule has 0 saturated carbocycles. The molecule has 416 valence electrons. The van der Waals surface area contributed by atoms with Crippen molar-refractivity contribution in [2.24, 2.45) is 5.92 Å². The lowest BCUT2D eigenvalue weighted by atomic mass is 9.99. The Morgan fingerprint density at radius 1 is 0.286 bits per heavy atom. The molecule has 0 amide bonds. The van der Waals surface area contributed by atoms with Gasteiger partial charge in [-0.2, -0.15) is 0 Å². The fraction of sp³-hybridized carbons (Fsp3) is 0.953. The Balaban J connectivity index is 4.21. The van der Waals surface area contributed by atoms with Gasteiger partial charge in [0, 0.05) is 19.3 Å². The summed E-state index contributed by atoms with van der Waals surface area (Å²) in [7, 11) is 0. The van der Waals surface area contributed by atoms with Crippen molar-refractivity contribution in [2.45, 2.75) is 374 Å². The third kappa shape index (κ3) is 55.7. The highest BCUT2D eigenvalue weighted by Gasteiger charge is 2.19. The second kappa shape index (κ2) is 58.3. The highest BCUT2D eigenvalue weighted by molar-refractivity contribution is 5.71. The van der Waals surface area contributed by atoms with Gasteiger partial charge in [-0.25, -0.2) is 0 Å². The van der Waals surface area contributed by atoms with Crippen LogP contribution in [0.1, 0.15) is 368 Å². The summed E-state index contributed by atoms with van der Waals surface area (Å²) in [6, 6.07) is 0. The van der Waals surface area contributed by atoms with E-state index in [0.717, 1.165) is 63.7 Å². The van der Waals surface area contributed by atoms with Crippen molar-refractivity contribution in [1.82, 2.24) is 0 Å². The van der Waals surface area contributed by atoms with Crippen molar-refractivity contribution in [3.05, 3.63) is 0 Å². The highest BCUT2D eigenvalue weighted by Crippen LogP contribution is 2.19. The molecular weight excluding hydrogens is 865 g/mol. The first-order valence-electron chi connectivity index (χ1n) is 31.9. The number of hydrogen-bond donors (Lipinski definition) is 0. The number of carbonyl (C=O) groups is 3. The Morgan fingerprint density at radius 2 is 0.500 bits per heavy atom. The largest absolute Gasteiger partial charge is 0.462 e. The molecule has 0 aliphatic carbocycles. The molecule has 0 saturated heterocycles. The predicted molar refractivity (Wildman–Crippen MR) is 303 cm³/mol. The van der Waals surface area contributed by atoms with Crippen LogP contribution in [0.2, 0.25) is 0 Å². The topological polar surface area (TPSA) is 78.9 Å². The van der Waals surface area contributed by atoms with Crippen LogP contribution in [-0.4, -0.2) is 37.2 Å². The van der Waals surface area contributed by atoms with Crippen LogP contribution in [0.5, 0.6) is 0 Å². The van der Waals surface area contributed by atoms with Crippen molar-refractivity contribution in [1.29, 1.82) is 0 Å². The van der Waals surface area contributed by atoms with Gasteiger partial charge in [-0.15, -0.1) is 0 Å². The van der Waals surface area contributed by atoms with E-state index in [1.165, 1.54) is 263 Å². The number of carbonyl (C=O) groups excluding carboxylic acids is 3. The molecule has 6 heteroatoms. The second-order valence-electron chi connectivity index (χ2n) is 22.3. The number of rotatable bonds is 59. The van der Waals surface area contributed by atoms with Gasteiger partial charge in [0.1, 0.15) is 13.2 Å². The summed E-state index contributed by atoms with van der Waals surface area (Å²) in [5, 5.41) is 0. The van der Waals surface area contributed by atoms with Gasteiger partial charge in [-0.05, 0) is 25.2 Å². The van der Waals surface area contributed by atoms with Gasteiger partial charge in [0.15, 0.2) is 6.10 Å². The fourth-order valence-electron chi connectivity index (χ4n) is 9.95.